The minimum atomic E-state index is -0.247. The van der Waals surface area contributed by atoms with E-state index in [1.165, 1.54) is 0 Å². The Hall–Kier alpha value is -3.21. The van der Waals surface area contributed by atoms with Gasteiger partial charge in [-0.05, 0) is 36.6 Å². The number of benzene rings is 2. The van der Waals surface area contributed by atoms with Gasteiger partial charge >= 0.3 is 0 Å². The molecular weight excluding hydrogens is 324 g/mol. The number of anilines is 2. The lowest BCUT2D eigenvalue weighted by Gasteiger charge is -2.14. The highest BCUT2D eigenvalue weighted by molar-refractivity contribution is 6.03. The maximum absolute atomic E-state index is 12.6. The van der Waals surface area contributed by atoms with Crippen molar-refractivity contribution in [3.63, 3.8) is 0 Å². The van der Waals surface area contributed by atoms with Gasteiger partial charge in [-0.1, -0.05) is 55.5 Å². The quantitative estimate of drug-likeness (QED) is 0.691. The Morgan fingerprint density at radius 2 is 1.77 bits per heavy atom. The van der Waals surface area contributed by atoms with Crippen LogP contribution in [-0.4, -0.2) is 15.9 Å². The van der Waals surface area contributed by atoms with Crippen molar-refractivity contribution in [2.75, 3.05) is 10.6 Å². The van der Waals surface area contributed by atoms with Gasteiger partial charge in [-0.3, -0.25) is 4.79 Å². The largest absolute Gasteiger partial charge is 0.348 e. The molecule has 0 aliphatic rings. The molecule has 2 N–H and O–H groups in total. The molecule has 0 saturated heterocycles. The van der Waals surface area contributed by atoms with Crippen LogP contribution in [0.1, 0.15) is 41.5 Å². The molecule has 0 radical (unpaired) electrons. The van der Waals surface area contributed by atoms with Gasteiger partial charge in [-0.25, -0.2) is 9.97 Å². The average Bonchev–Trinajstić information content (AvgIpc) is 2.69. The number of para-hydroxylation sites is 1. The van der Waals surface area contributed by atoms with Crippen LogP contribution in [0.3, 0.4) is 0 Å². The Bertz CT molecular complexity index is 880. The summed E-state index contributed by atoms with van der Waals surface area (Å²) in [6.07, 6.45) is 2.44. The van der Waals surface area contributed by atoms with Gasteiger partial charge in [0.25, 0.3) is 5.91 Å². The van der Waals surface area contributed by atoms with Gasteiger partial charge < -0.3 is 10.6 Å². The highest BCUT2D eigenvalue weighted by atomic mass is 16.1. The third-order valence-electron chi connectivity index (χ3n) is 4.18. The van der Waals surface area contributed by atoms with Crippen molar-refractivity contribution in [1.29, 1.82) is 0 Å². The second-order valence-corrected chi connectivity index (χ2v) is 6.01. The summed E-state index contributed by atoms with van der Waals surface area (Å²) in [5, 5.41) is 6.17. The Morgan fingerprint density at radius 1 is 1.04 bits per heavy atom. The summed E-state index contributed by atoms with van der Waals surface area (Å²) in [6, 6.07) is 19.5. The number of amides is 1. The molecule has 3 aromatic rings. The molecule has 0 aliphatic carbocycles. The van der Waals surface area contributed by atoms with Gasteiger partial charge in [-0.2, -0.15) is 0 Å². The Kier molecular flexibility index (Phi) is 5.59. The molecule has 3 rings (SSSR count). The minimum absolute atomic E-state index is 0.0373. The van der Waals surface area contributed by atoms with Gasteiger partial charge in [0, 0.05) is 11.9 Å². The number of carbonyl (C=O) groups excluding carboxylic acids is 1. The zero-order valence-corrected chi connectivity index (χ0v) is 14.9. The van der Waals surface area contributed by atoms with Crippen LogP contribution >= 0.6 is 0 Å². The second kappa shape index (κ2) is 8.25. The fraction of sp³-hybridized carbons (Fsp3) is 0.190. The molecule has 0 bridgehead atoms. The van der Waals surface area contributed by atoms with Crippen molar-refractivity contribution in [1.82, 2.24) is 9.97 Å². The van der Waals surface area contributed by atoms with Crippen molar-refractivity contribution >= 4 is 17.5 Å². The number of nitrogens with zero attached hydrogens (tertiary/aromatic N) is 2. The molecule has 1 heterocycles. The first kappa shape index (κ1) is 17.6. The van der Waals surface area contributed by atoms with Gasteiger partial charge in [0.1, 0.15) is 5.69 Å². The van der Waals surface area contributed by atoms with E-state index in [1.54, 1.807) is 12.3 Å². The molecule has 2 aromatic carbocycles. The first-order chi connectivity index (χ1) is 12.7. The van der Waals surface area contributed by atoms with E-state index in [2.05, 4.69) is 27.5 Å². The smallest absolute Gasteiger partial charge is 0.274 e. The molecule has 0 saturated carbocycles. The molecule has 0 fully saturated rings. The van der Waals surface area contributed by atoms with Crippen molar-refractivity contribution < 1.29 is 4.79 Å². The maximum atomic E-state index is 12.6. The lowest BCUT2D eigenvalue weighted by molar-refractivity contribution is 0.102. The van der Waals surface area contributed by atoms with E-state index in [9.17, 15) is 4.79 Å². The first-order valence-electron chi connectivity index (χ1n) is 8.71. The van der Waals surface area contributed by atoms with E-state index in [1.807, 2.05) is 61.5 Å². The van der Waals surface area contributed by atoms with Gasteiger partial charge in [0.2, 0.25) is 5.95 Å². The molecule has 1 aromatic heterocycles. The number of aromatic nitrogens is 2. The third kappa shape index (κ3) is 4.25. The standard InChI is InChI=1S/C21H22N4O/c1-3-16-9-7-8-12-18(16)24-20(26)19-13-14-22-21(25-19)23-15(2)17-10-5-4-6-11-17/h4-15H,3H2,1-2H3,(H,24,26)(H,22,23,25). The molecule has 132 valence electrons. The molecule has 26 heavy (non-hydrogen) atoms. The van der Waals surface area contributed by atoms with Crippen molar-refractivity contribution in [2.45, 2.75) is 26.3 Å². The molecule has 5 heteroatoms. The predicted octanol–water partition coefficient (Wildman–Crippen LogP) is 4.46. The summed E-state index contributed by atoms with van der Waals surface area (Å²) < 4.78 is 0. The Balaban J connectivity index is 1.73. The molecule has 0 spiro atoms. The van der Waals surface area contributed by atoms with E-state index >= 15 is 0 Å². The number of hydrogen-bond acceptors (Lipinski definition) is 4. The monoisotopic (exact) mass is 346 g/mol. The maximum Gasteiger partial charge on any atom is 0.274 e. The van der Waals surface area contributed by atoms with Crippen LogP contribution in [0.4, 0.5) is 11.6 Å². The third-order valence-corrected chi connectivity index (χ3v) is 4.18. The normalized spacial score (nSPS) is 11.6. The summed E-state index contributed by atoms with van der Waals surface area (Å²) in [7, 11) is 0. The second-order valence-electron chi connectivity index (χ2n) is 6.01. The number of carbonyl (C=O) groups is 1. The number of rotatable bonds is 6. The van der Waals surface area contributed by atoms with Crippen molar-refractivity contribution in [2.24, 2.45) is 0 Å². The van der Waals surface area contributed by atoms with E-state index in [4.69, 9.17) is 0 Å². The molecule has 1 atom stereocenters. The molecular formula is C21H22N4O. The molecule has 1 unspecified atom stereocenters. The topological polar surface area (TPSA) is 66.9 Å². The summed E-state index contributed by atoms with van der Waals surface area (Å²) in [6.45, 7) is 4.09. The highest BCUT2D eigenvalue weighted by Gasteiger charge is 2.12. The van der Waals surface area contributed by atoms with Gasteiger partial charge in [-0.15, -0.1) is 0 Å². The Morgan fingerprint density at radius 3 is 2.54 bits per heavy atom. The predicted molar refractivity (Wildman–Crippen MR) is 104 cm³/mol. The molecule has 0 aliphatic heterocycles. The molecule has 5 nitrogen and oxygen atoms in total. The van der Waals surface area contributed by atoms with E-state index in [-0.39, 0.29) is 11.9 Å². The van der Waals surface area contributed by atoms with Crippen LogP contribution in [0.5, 0.6) is 0 Å². The van der Waals surface area contributed by atoms with Gasteiger partial charge in [0.05, 0.1) is 6.04 Å². The van der Waals surface area contributed by atoms with Gasteiger partial charge in [0.15, 0.2) is 0 Å². The summed E-state index contributed by atoms with van der Waals surface area (Å²) in [5.41, 5.74) is 3.35. The fourth-order valence-electron chi connectivity index (χ4n) is 2.71. The lowest BCUT2D eigenvalue weighted by Crippen LogP contribution is -2.17. The summed E-state index contributed by atoms with van der Waals surface area (Å²) in [4.78, 5) is 21.1. The number of nitrogens with one attached hydrogen (secondary N) is 2. The van der Waals surface area contributed by atoms with Crippen LogP contribution in [0, 0.1) is 0 Å². The number of aryl methyl sites for hydroxylation is 1. The summed E-state index contributed by atoms with van der Waals surface area (Å²) >= 11 is 0. The van der Waals surface area contributed by atoms with Crippen molar-refractivity contribution in [3.8, 4) is 0 Å². The van der Waals surface area contributed by atoms with E-state index < -0.39 is 0 Å². The van der Waals surface area contributed by atoms with Crippen LogP contribution < -0.4 is 10.6 Å². The van der Waals surface area contributed by atoms with Crippen LogP contribution in [0.15, 0.2) is 66.9 Å². The summed E-state index contributed by atoms with van der Waals surface area (Å²) in [5.74, 6) is 0.182. The van der Waals surface area contributed by atoms with Crippen LogP contribution in [0.25, 0.3) is 0 Å². The zero-order chi connectivity index (χ0) is 18.4. The first-order valence-corrected chi connectivity index (χ1v) is 8.71. The average molecular weight is 346 g/mol. The SMILES string of the molecule is CCc1ccccc1NC(=O)c1ccnc(NC(C)c2ccccc2)n1. The fourth-order valence-corrected chi connectivity index (χ4v) is 2.71. The van der Waals surface area contributed by atoms with Crippen molar-refractivity contribution in [3.05, 3.63) is 83.7 Å². The Labute approximate surface area is 153 Å². The number of hydrogen-bond donors (Lipinski definition) is 2. The molecule has 1 amide bonds. The minimum Gasteiger partial charge on any atom is -0.348 e. The highest BCUT2D eigenvalue weighted by Crippen LogP contribution is 2.18. The van der Waals surface area contributed by atoms with E-state index in [0.29, 0.717) is 11.6 Å². The van der Waals surface area contributed by atoms with E-state index in [0.717, 1.165) is 23.2 Å². The lowest BCUT2D eigenvalue weighted by atomic mass is 10.1. The zero-order valence-electron chi connectivity index (χ0n) is 14.9. The van der Waals surface area contributed by atoms with Crippen LogP contribution in [-0.2, 0) is 6.42 Å². The van der Waals surface area contributed by atoms with Crippen LogP contribution in [0.2, 0.25) is 0 Å².